The lowest BCUT2D eigenvalue weighted by molar-refractivity contribution is -0.671. The Hall–Kier alpha value is -2.16. The van der Waals surface area contributed by atoms with Crippen molar-refractivity contribution in [2.24, 2.45) is 7.05 Å². The molecule has 3 rings (SSSR count). The fraction of sp³-hybridized carbons (Fsp3) is 0.0769. The number of aromatic nitrogens is 3. The molecule has 78 valence electrons. The van der Waals surface area contributed by atoms with Gasteiger partial charge in [0.15, 0.2) is 12.4 Å². The van der Waals surface area contributed by atoms with Crippen molar-refractivity contribution in [3.05, 3.63) is 55.0 Å². The molecule has 0 spiro atoms. The van der Waals surface area contributed by atoms with Gasteiger partial charge in [-0.15, -0.1) is 0 Å². The van der Waals surface area contributed by atoms with Gasteiger partial charge in [0.25, 0.3) is 0 Å². The average Bonchev–Trinajstić information content (AvgIpc) is 2.74. The minimum absolute atomic E-state index is 1.08. The van der Waals surface area contributed by atoms with Crippen LogP contribution in [0.1, 0.15) is 0 Å². The highest BCUT2D eigenvalue weighted by atomic mass is 15.3. The molecular weight excluding hydrogens is 198 g/mol. The first-order valence-corrected chi connectivity index (χ1v) is 5.23. The third-order valence-electron chi connectivity index (χ3n) is 2.68. The van der Waals surface area contributed by atoms with Crippen LogP contribution in [-0.2, 0) is 7.05 Å². The van der Waals surface area contributed by atoms with E-state index in [1.807, 2.05) is 47.0 Å². The maximum Gasteiger partial charge on any atom is 0.170 e. The van der Waals surface area contributed by atoms with E-state index in [0.717, 1.165) is 16.6 Å². The molecule has 3 nitrogen and oxygen atoms in total. The number of benzene rings is 1. The van der Waals surface area contributed by atoms with Crippen molar-refractivity contribution < 1.29 is 4.57 Å². The van der Waals surface area contributed by atoms with Gasteiger partial charge in [0.05, 0.1) is 17.4 Å². The van der Waals surface area contributed by atoms with Crippen molar-refractivity contribution in [2.45, 2.75) is 0 Å². The molecule has 0 saturated heterocycles. The van der Waals surface area contributed by atoms with E-state index < -0.39 is 0 Å². The number of para-hydroxylation sites is 1. The lowest BCUT2D eigenvalue weighted by Gasteiger charge is -2.01. The highest BCUT2D eigenvalue weighted by Gasteiger charge is 2.04. The molecule has 0 atom stereocenters. The number of nitrogens with zero attached hydrogens (tertiary/aromatic N) is 3. The molecule has 2 aromatic heterocycles. The molecule has 0 aliphatic rings. The van der Waals surface area contributed by atoms with Gasteiger partial charge in [0, 0.05) is 17.5 Å². The summed E-state index contributed by atoms with van der Waals surface area (Å²) in [5.74, 6) is 0. The maximum atomic E-state index is 4.40. The summed E-state index contributed by atoms with van der Waals surface area (Å²) in [4.78, 5) is 0. The highest BCUT2D eigenvalue weighted by molar-refractivity contribution is 5.79. The van der Waals surface area contributed by atoms with Gasteiger partial charge in [-0.3, -0.25) is 0 Å². The molecule has 0 aliphatic heterocycles. The Bertz CT molecular complexity index is 623. The van der Waals surface area contributed by atoms with Crippen LogP contribution in [0.5, 0.6) is 0 Å². The molecule has 0 unspecified atom stereocenters. The largest absolute Gasteiger partial charge is 0.233 e. The highest BCUT2D eigenvalue weighted by Crippen LogP contribution is 2.16. The van der Waals surface area contributed by atoms with Crippen LogP contribution in [-0.4, -0.2) is 9.78 Å². The van der Waals surface area contributed by atoms with E-state index in [-0.39, 0.29) is 0 Å². The molecule has 0 saturated carbocycles. The Kier molecular flexibility index (Phi) is 1.96. The minimum atomic E-state index is 1.08. The van der Waals surface area contributed by atoms with Gasteiger partial charge < -0.3 is 0 Å². The maximum absolute atomic E-state index is 4.40. The molecule has 1 aromatic carbocycles. The fourth-order valence-electron chi connectivity index (χ4n) is 1.81. The van der Waals surface area contributed by atoms with Crippen molar-refractivity contribution in [3.63, 3.8) is 0 Å². The Morgan fingerprint density at radius 1 is 1.06 bits per heavy atom. The zero-order valence-electron chi connectivity index (χ0n) is 9.04. The molecule has 3 aromatic rings. The van der Waals surface area contributed by atoms with Crippen molar-refractivity contribution in [2.75, 3.05) is 0 Å². The van der Waals surface area contributed by atoms with E-state index in [1.54, 1.807) is 0 Å². The first-order valence-electron chi connectivity index (χ1n) is 5.23. The number of hydrogen-bond acceptors (Lipinski definition) is 1. The number of rotatable bonds is 1. The monoisotopic (exact) mass is 210 g/mol. The topological polar surface area (TPSA) is 21.7 Å². The summed E-state index contributed by atoms with van der Waals surface area (Å²) in [6.07, 6.45) is 5.93. The number of pyridine rings is 1. The molecule has 0 radical (unpaired) electrons. The van der Waals surface area contributed by atoms with Gasteiger partial charge in [0.2, 0.25) is 0 Å². The van der Waals surface area contributed by atoms with Crippen molar-refractivity contribution in [1.82, 2.24) is 9.78 Å². The van der Waals surface area contributed by atoms with Crippen LogP contribution in [0.3, 0.4) is 0 Å². The zero-order valence-corrected chi connectivity index (χ0v) is 9.04. The van der Waals surface area contributed by atoms with Crippen LogP contribution >= 0.6 is 0 Å². The van der Waals surface area contributed by atoms with Crippen LogP contribution in [0, 0.1) is 0 Å². The quantitative estimate of drug-likeness (QED) is 0.562. The summed E-state index contributed by atoms with van der Waals surface area (Å²) < 4.78 is 3.96. The number of aryl methyl sites for hydroxylation is 1. The third-order valence-corrected chi connectivity index (χ3v) is 2.68. The summed E-state index contributed by atoms with van der Waals surface area (Å²) in [6, 6.07) is 12.3. The lowest BCUT2D eigenvalue weighted by Crippen LogP contribution is -2.26. The second-order valence-corrected chi connectivity index (χ2v) is 3.84. The van der Waals surface area contributed by atoms with Crippen LogP contribution in [0.25, 0.3) is 16.6 Å². The van der Waals surface area contributed by atoms with Gasteiger partial charge >= 0.3 is 0 Å². The predicted molar refractivity (Wildman–Crippen MR) is 62.2 cm³/mol. The van der Waals surface area contributed by atoms with Gasteiger partial charge in [-0.25, -0.2) is 9.25 Å². The Labute approximate surface area is 93.6 Å². The summed E-state index contributed by atoms with van der Waals surface area (Å²) in [5, 5.41) is 5.57. The summed E-state index contributed by atoms with van der Waals surface area (Å²) in [6.45, 7) is 0. The van der Waals surface area contributed by atoms with E-state index in [2.05, 4.69) is 29.4 Å². The normalized spacial score (nSPS) is 10.8. The summed E-state index contributed by atoms with van der Waals surface area (Å²) >= 11 is 0. The van der Waals surface area contributed by atoms with Crippen molar-refractivity contribution >= 4 is 10.9 Å². The van der Waals surface area contributed by atoms with E-state index in [0.29, 0.717) is 0 Å². The minimum Gasteiger partial charge on any atom is -0.233 e. The molecule has 16 heavy (non-hydrogen) atoms. The predicted octanol–water partition coefficient (Wildman–Crippen LogP) is 1.85. The second-order valence-electron chi connectivity index (χ2n) is 3.84. The molecule has 0 aliphatic carbocycles. The average molecular weight is 210 g/mol. The molecule has 0 amide bonds. The Morgan fingerprint density at radius 2 is 1.81 bits per heavy atom. The summed E-state index contributed by atoms with van der Waals surface area (Å²) in [5.41, 5.74) is 2.22. The fourth-order valence-corrected chi connectivity index (χ4v) is 1.81. The van der Waals surface area contributed by atoms with Crippen LogP contribution in [0.15, 0.2) is 55.0 Å². The Morgan fingerprint density at radius 3 is 2.62 bits per heavy atom. The molecule has 3 heteroatoms. The van der Waals surface area contributed by atoms with E-state index in [1.165, 1.54) is 0 Å². The SMILES string of the molecule is C[n+]1ccc(-n2ncc3ccccc32)cc1. The van der Waals surface area contributed by atoms with Gasteiger partial charge in [-0.05, 0) is 6.07 Å². The lowest BCUT2D eigenvalue weighted by atomic mass is 10.2. The van der Waals surface area contributed by atoms with E-state index in [9.17, 15) is 0 Å². The first-order chi connectivity index (χ1) is 7.84. The third kappa shape index (κ3) is 1.37. The van der Waals surface area contributed by atoms with Crippen LogP contribution < -0.4 is 4.57 Å². The number of fused-ring (bicyclic) bond motifs is 1. The van der Waals surface area contributed by atoms with Gasteiger partial charge in [0.1, 0.15) is 7.05 Å². The van der Waals surface area contributed by atoms with Gasteiger partial charge in [-0.2, -0.15) is 5.10 Å². The van der Waals surface area contributed by atoms with E-state index >= 15 is 0 Å². The first kappa shape index (κ1) is 9.09. The van der Waals surface area contributed by atoms with Crippen molar-refractivity contribution in [1.29, 1.82) is 0 Å². The van der Waals surface area contributed by atoms with Crippen LogP contribution in [0.2, 0.25) is 0 Å². The smallest absolute Gasteiger partial charge is 0.170 e. The standard InChI is InChI=1S/C13H12N3/c1-15-8-6-12(7-9-15)16-13-5-3-2-4-11(13)10-14-16/h2-10H,1H3/q+1. The number of hydrogen-bond donors (Lipinski definition) is 0. The molecular formula is C13H12N3+. The molecule has 2 heterocycles. The van der Waals surface area contributed by atoms with Crippen LogP contribution in [0.4, 0.5) is 0 Å². The molecule has 0 N–H and O–H groups in total. The second kappa shape index (κ2) is 3.45. The van der Waals surface area contributed by atoms with Gasteiger partial charge in [-0.1, -0.05) is 18.2 Å². The molecule has 0 bridgehead atoms. The van der Waals surface area contributed by atoms with Crippen molar-refractivity contribution in [3.8, 4) is 5.69 Å². The Balaban J connectivity index is 2.22. The van der Waals surface area contributed by atoms with E-state index in [4.69, 9.17) is 0 Å². The summed E-state index contributed by atoms with van der Waals surface area (Å²) in [7, 11) is 2.00. The molecule has 0 fully saturated rings. The zero-order chi connectivity index (χ0) is 11.0.